The predicted octanol–water partition coefficient (Wildman–Crippen LogP) is 5.28. The van der Waals surface area contributed by atoms with Crippen LogP contribution in [-0.4, -0.2) is 0 Å². The first kappa shape index (κ1) is 10.1. The SMILES string of the molecule is Fc1ccc2c(Cl)ccc3c2c1-c1ccccc1-3. The minimum absolute atomic E-state index is 0.184. The zero-order chi connectivity index (χ0) is 12.3. The van der Waals surface area contributed by atoms with E-state index in [1.165, 1.54) is 6.07 Å². The number of halogens is 2. The van der Waals surface area contributed by atoms with E-state index in [9.17, 15) is 4.39 Å². The van der Waals surface area contributed by atoms with E-state index in [2.05, 4.69) is 0 Å². The highest BCUT2D eigenvalue weighted by Gasteiger charge is 2.24. The van der Waals surface area contributed by atoms with E-state index in [4.69, 9.17) is 11.6 Å². The molecule has 3 aromatic carbocycles. The number of hydrogen-bond acceptors (Lipinski definition) is 0. The first-order chi connectivity index (χ1) is 8.77. The summed E-state index contributed by atoms with van der Waals surface area (Å²) >= 11 is 6.20. The first-order valence-electron chi connectivity index (χ1n) is 5.78. The molecule has 4 rings (SSSR count). The molecule has 2 heteroatoms. The van der Waals surface area contributed by atoms with Crippen LogP contribution in [0, 0.1) is 5.82 Å². The number of rotatable bonds is 0. The molecule has 0 fully saturated rings. The molecule has 86 valence electrons. The smallest absolute Gasteiger partial charge is 0.131 e. The van der Waals surface area contributed by atoms with E-state index in [0.29, 0.717) is 10.6 Å². The summed E-state index contributed by atoms with van der Waals surface area (Å²) in [6.07, 6.45) is 0. The standard InChI is InChI=1S/C16H8ClF/c17-13-7-5-11-9-3-1-2-4-10(9)16-14(18)8-6-12(13)15(11)16/h1-8H. The molecule has 1 aliphatic carbocycles. The third kappa shape index (κ3) is 1.10. The third-order valence-corrected chi connectivity index (χ3v) is 3.89. The average molecular weight is 255 g/mol. The fraction of sp³-hybridized carbons (Fsp3) is 0. The molecule has 1 aliphatic rings. The van der Waals surface area contributed by atoms with Gasteiger partial charge in [-0.25, -0.2) is 4.39 Å². The number of hydrogen-bond donors (Lipinski definition) is 0. The fourth-order valence-corrected chi connectivity index (χ4v) is 3.03. The van der Waals surface area contributed by atoms with Crippen molar-refractivity contribution in [3.05, 3.63) is 59.4 Å². The molecule has 0 saturated heterocycles. The van der Waals surface area contributed by atoms with Crippen molar-refractivity contribution in [2.24, 2.45) is 0 Å². The van der Waals surface area contributed by atoms with E-state index in [1.54, 1.807) is 6.07 Å². The van der Waals surface area contributed by atoms with Crippen LogP contribution in [0.15, 0.2) is 48.5 Å². The van der Waals surface area contributed by atoms with Gasteiger partial charge in [0.05, 0.1) is 0 Å². The summed E-state index contributed by atoms with van der Waals surface area (Å²) in [7, 11) is 0. The molecule has 3 aromatic rings. The minimum Gasteiger partial charge on any atom is -0.206 e. The molecule has 0 heterocycles. The summed E-state index contributed by atoms with van der Waals surface area (Å²) < 4.78 is 14.1. The molecule has 0 atom stereocenters. The van der Waals surface area contributed by atoms with Gasteiger partial charge < -0.3 is 0 Å². The van der Waals surface area contributed by atoms with Gasteiger partial charge in [-0.15, -0.1) is 0 Å². The van der Waals surface area contributed by atoms with E-state index in [-0.39, 0.29) is 5.82 Å². The molecule has 0 aliphatic heterocycles. The number of benzene rings is 3. The number of fused-ring (bicyclic) bond motifs is 3. The second-order valence-corrected chi connectivity index (χ2v) is 4.89. The first-order valence-corrected chi connectivity index (χ1v) is 6.15. The lowest BCUT2D eigenvalue weighted by molar-refractivity contribution is 0.633. The van der Waals surface area contributed by atoms with Crippen molar-refractivity contribution in [1.82, 2.24) is 0 Å². The van der Waals surface area contributed by atoms with Crippen LogP contribution in [0.1, 0.15) is 0 Å². The van der Waals surface area contributed by atoms with Gasteiger partial charge in [-0.05, 0) is 34.9 Å². The summed E-state index contributed by atoms with van der Waals surface area (Å²) in [6.45, 7) is 0. The molecular formula is C16H8ClF. The summed E-state index contributed by atoms with van der Waals surface area (Å²) in [6, 6.07) is 15.0. The molecule has 0 aromatic heterocycles. The highest BCUT2D eigenvalue weighted by atomic mass is 35.5. The Balaban J connectivity index is 2.32. The summed E-state index contributed by atoms with van der Waals surface area (Å²) in [5.74, 6) is -0.184. The molecule has 0 bridgehead atoms. The lowest BCUT2D eigenvalue weighted by atomic mass is 10.0. The van der Waals surface area contributed by atoms with Gasteiger partial charge in [0.2, 0.25) is 0 Å². The fourth-order valence-electron chi connectivity index (χ4n) is 2.81. The van der Waals surface area contributed by atoms with Crippen LogP contribution in [0.2, 0.25) is 5.02 Å². The van der Waals surface area contributed by atoms with Gasteiger partial charge in [0.1, 0.15) is 5.82 Å². The lowest BCUT2D eigenvalue weighted by Crippen LogP contribution is -1.82. The Labute approximate surface area is 109 Å². The quantitative estimate of drug-likeness (QED) is 0.400. The van der Waals surface area contributed by atoms with Crippen LogP contribution >= 0.6 is 11.6 Å². The Kier molecular flexibility index (Phi) is 1.87. The largest absolute Gasteiger partial charge is 0.206 e. The molecule has 0 nitrogen and oxygen atoms in total. The second kappa shape index (κ2) is 3.33. The van der Waals surface area contributed by atoms with Gasteiger partial charge in [0.15, 0.2) is 0 Å². The van der Waals surface area contributed by atoms with Crippen molar-refractivity contribution in [1.29, 1.82) is 0 Å². The molecular weight excluding hydrogens is 247 g/mol. The monoisotopic (exact) mass is 254 g/mol. The van der Waals surface area contributed by atoms with Crippen LogP contribution in [0.4, 0.5) is 4.39 Å². The Bertz CT molecular complexity index is 806. The molecule has 0 N–H and O–H groups in total. The summed E-state index contributed by atoms with van der Waals surface area (Å²) in [4.78, 5) is 0. The van der Waals surface area contributed by atoms with E-state index in [0.717, 1.165) is 27.5 Å². The van der Waals surface area contributed by atoms with Crippen LogP contribution in [0.3, 0.4) is 0 Å². The van der Waals surface area contributed by atoms with Gasteiger partial charge in [-0.2, -0.15) is 0 Å². The normalized spacial score (nSPS) is 11.9. The van der Waals surface area contributed by atoms with E-state index in [1.807, 2.05) is 36.4 Å². The second-order valence-electron chi connectivity index (χ2n) is 4.49. The molecule has 0 saturated carbocycles. The van der Waals surface area contributed by atoms with Crippen molar-refractivity contribution in [3.8, 4) is 22.3 Å². The molecule has 0 radical (unpaired) electrons. The van der Waals surface area contributed by atoms with Crippen molar-refractivity contribution in [2.45, 2.75) is 0 Å². The minimum atomic E-state index is -0.184. The van der Waals surface area contributed by atoms with Crippen LogP contribution < -0.4 is 0 Å². The predicted molar refractivity (Wildman–Crippen MR) is 73.3 cm³/mol. The average Bonchev–Trinajstić information content (AvgIpc) is 2.72. The molecule has 0 spiro atoms. The van der Waals surface area contributed by atoms with Gasteiger partial charge in [-0.3, -0.25) is 0 Å². The Morgan fingerprint density at radius 2 is 1.56 bits per heavy atom. The highest BCUT2D eigenvalue weighted by molar-refractivity contribution is 6.37. The summed E-state index contributed by atoms with van der Waals surface area (Å²) in [5, 5.41) is 2.52. The zero-order valence-electron chi connectivity index (χ0n) is 9.37. The Morgan fingerprint density at radius 3 is 2.39 bits per heavy atom. The molecule has 0 amide bonds. The van der Waals surface area contributed by atoms with Crippen LogP contribution in [0.5, 0.6) is 0 Å². The van der Waals surface area contributed by atoms with E-state index < -0.39 is 0 Å². The van der Waals surface area contributed by atoms with Crippen LogP contribution in [0.25, 0.3) is 33.0 Å². The Hall–Kier alpha value is -1.86. The van der Waals surface area contributed by atoms with Gasteiger partial charge in [0.25, 0.3) is 0 Å². The lowest BCUT2D eigenvalue weighted by Gasteiger charge is -2.04. The van der Waals surface area contributed by atoms with Gasteiger partial charge in [0, 0.05) is 21.4 Å². The summed E-state index contributed by atoms with van der Waals surface area (Å²) in [5.41, 5.74) is 3.79. The molecule has 18 heavy (non-hydrogen) atoms. The van der Waals surface area contributed by atoms with Crippen molar-refractivity contribution >= 4 is 22.4 Å². The maximum atomic E-state index is 14.1. The Morgan fingerprint density at radius 1 is 0.778 bits per heavy atom. The molecule has 0 unspecified atom stereocenters. The highest BCUT2D eigenvalue weighted by Crippen LogP contribution is 2.49. The maximum absolute atomic E-state index is 14.1. The van der Waals surface area contributed by atoms with Gasteiger partial charge in [-0.1, -0.05) is 41.9 Å². The maximum Gasteiger partial charge on any atom is 0.131 e. The third-order valence-electron chi connectivity index (χ3n) is 3.56. The van der Waals surface area contributed by atoms with Crippen molar-refractivity contribution in [2.75, 3.05) is 0 Å². The topological polar surface area (TPSA) is 0 Å². The van der Waals surface area contributed by atoms with Crippen molar-refractivity contribution in [3.63, 3.8) is 0 Å². The zero-order valence-corrected chi connectivity index (χ0v) is 10.1. The van der Waals surface area contributed by atoms with E-state index >= 15 is 0 Å². The van der Waals surface area contributed by atoms with Crippen molar-refractivity contribution < 1.29 is 4.39 Å². The van der Waals surface area contributed by atoms with Crippen LogP contribution in [-0.2, 0) is 0 Å². The van der Waals surface area contributed by atoms with Gasteiger partial charge >= 0.3 is 0 Å².